The molecule has 0 bridgehead atoms. The zero-order chi connectivity index (χ0) is 13.4. The smallest absolute Gasteiger partial charge is 0.311 e. The summed E-state index contributed by atoms with van der Waals surface area (Å²) in [5.74, 6) is 1.85. The van der Waals surface area contributed by atoms with Gasteiger partial charge in [-0.2, -0.15) is 0 Å². The Bertz CT molecular complexity index is 455. The van der Waals surface area contributed by atoms with Crippen LogP contribution in [0.2, 0.25) is 0 Å². The first-order valence-corrected chi connectivity index (χ1v) is 6.78. The summed E-state index contributed by atoms with van der Waals surface area (Å²) in [5, 5.41) is 0. The minimum absolute atomic E-state index is 0.103. The lowest BCUT2D eigenvalue weighted by atomic mass is 9.85. The van der Waals surface area contributed by atoms with Gasteiger partial charge in [-0.3, -0.25) is 4.79 Å². The highest BCUT2D eigenvalue weighted by atomic mass is 16.5. The largest absolute Gasteiger partial charge is 0.426 e. The van der Waals surface area contributed by atoms with Crippen LogP contribution in [0.15, 0.2) is 12.1 Å². The highest BCUT2D eigenvalue weighted by molar-refractivity contribution is 5.77. The van der Waals surface area contributed by atoms with Gasteiger partial charge in [0.15, 0.2) is 0 Å². The fourth-order valence-electron chi connectivity index (χ4n) is 2.46. The maximum absolute atomic E-state index is 11.6. The van der Waals surface area contributed by atoms with Gasteiger partial charge >= 0.3 is 5.97 Å². The minimum Gasteiger partial charge on any atom is -0.426 e. The van der Waals surface area contributed by atoms with E-state index >= 15 is 0 Å². The highest BCUT2D eigenvalue weighted by Crippen LogP contribution is 2.41. The highest BCUT2D eigenvalue weighted by Gasteiger charge is 2.27. The Kier molecular flexibility index (Phi) is 3.47. The molecule has 1 unspecified atom stereocenters. The van der Waals surface area contributed by atoms with E-state index < -0.39 is 0 Å². The van der Waals surface area contributed by atoms with Crippen LogP contribution in [0.1, 0.15) is 75.5 Å². The molecule has 0 N–H and O–H groups in total. The van der Waals surface area contributed by atoms with Crippen LogP contribution in [0.25, 0.3) is 0 Å². The van der Waals surface area contributed by atoms with Crippen LogP contribution >= 0.6 is 0 Å². The quantitative estimate of drug-likeness (QED) is 0.573. The summed E-state index contributed by atoms with van der Waals surface area (Å²) in [6.45, 7) is 10.8. The van der Waals surface area contributed by atoms with Crippen LogP contribution in [0.3, 0.4) is 0 Å². The minimum atomic E-state index is -0.103. The second kappa shape index (κ2) is 4.75. The van der Waals surface area contributed by atoms with Gasteiger partial charge in [0.25, 0.3) is 0 Å². The molecule has 0 spiro atoms. The van der Waals surface area contributed by atoms with Crippen molar-refractivity contribution in [2.24, 2.45) is 0 Å². The Morgan fingerprint density at radius 3 is 2.39 bits per heavy atom. The number of esters is 1. The average molecular weight is 246 g/mol. The number of hydrogen-bond donors (Lipinski definition) is 0. The van der Waals surface area contributed by atoms with Gasteiger partial charge in [0.1, 0.15) is 5.75 Å². The van der Waals surface area contributed by atoms with Gasteiger partial charge in [-0.25, -0.2) is 0 Å². The van der Waals surface area contributed by atoms with Gasteiger partial charge in [-0.05, 0) is 34.4 Å². The average Bonchev–Trinajstić information content (AvgIpc) is 2.27. The summed E-state index contributed by atoms with van der Waals surface area (Å²) in [5.41, 5.74) is 3.70. The third kappa shape index (κ3) is 2.29. The van der Waals surface area contributed by atoms with E-state index in [4.69, 9.17) is 4.74 Å². The lowest BCUT2D eigenvalue weighted by molar-refractivity contribution is -0.135. The van der Waals surface area contributed by atoms with Gasteiger partial charge in [-0.1, -0.05) is 46.8 Å². The first kappa shape index (κ1) is 13.1. The zero-order valence-corrected chi connectivity index (χ0v) is 11.9. The molecule has 1 aromatic carbocycles. The van der Waals surface area contributed by atoms with Crippen LogP contribution in [0.4, 0.5) is 0 Å². The van der Waals surface area contributed by atoms with Crippen LogP contribution in [0, 0.1) is 0 Å². The number of benzene rings is 1. The molecule has 0 fully saturated rings. The van der Waals surface area contributed by atoms with Crippen molar-refractivity contribution >= 4 is 5.97 Å². The van der Waals surface area contributed by atoms with Gasteiger partial charge in [0.05, 0.1) is 6.42 Å². The predicted octanol–water partition coefficient (Wildman–Crippen LogP) is 4.35. The van der Waals surface area contributed by atoms with Crippen molar-refractivity contribution < 1.29 is 9.53 Å². The molecule has 0 aliphatic carbocycles. The van der Waals surface area contributed by atoms with Crippen LogP contribution in [-0.2, 0) is 4.79 Å². The molecule has 1 aliphatic rings. The van der Waals surface area contributed by atoms with Crippen LogP contribution in [0.5, 0.6) is 5.75 Å². The molecule has 1 atom stereocenters. The molecule has 0 amide bonds. The maximum atomic E-state index is 11.6. The van der Waals surface area contributed by atoms with Crippen molar-refractivity contribution in [1.29, 1.82) is 0 Å². The predicted molar refractivity (Wildman–Crippen MR) is 73.3 cm³/mol. The summed E-state index contributed by atoms with van der Waals surface area (Å²) < 4.78 is 5.49. The number of carbonyl (C=O) groups excluding carboxylic acids is 1. The van der Waals surface area contributed by atoms with Gasteiger partial charge < -0.3 is 4.74 Å². The van der Waals surface area contributed by atoms with Crippen LogP contribution in [-0.4, -0.2) is 5.97 Å². The first-order valence-electron chi connectivity index (χ1n) is 6.78. The maximum Gasteiger partial charge on any atom is 0.311 e. The van der Waals surface area contributed by atoms with Gasteiger partial charge in [0.2, 0.25) is 0 Å². The van der Waals surface area contributed by atoms with Crippen LogP contribution < -0.4 is 4.74 Å². The summed E-state index contributed by atoms with van der Waals surface area (Å²) in [6, 6.07) is 4.41. The molecule has 1 heterocycles. The molecule has 2 heteroatoms. The SMILES string of the molecule is CC(C)c1cc(C(C)C)c2c(c1)C(C)CC(=O)O2. The van der Waals surface area contributed by atoms with Crippen molar-refractivity contribution in [1.82, 2.24) is 0 Å². The first-order chi connectivity index (χ1) is 8.40. The molecule has 0 saturated heterocycles. The fourth-order valence-corrected chi connectivity index (χ4v) is 2.46. The van der Waals surface area contributed by atoms with Crippen molar-refractivity contribution in [3.05, 3.63) is 28.8 Å². The molecule has 98 valence electrons. The van der Waals surface area contributed by atoms with Crippen molar-refractivity contribution in [2.45, 2.75) is 58.8 Å². The lowest BCUT2D eigenvalue weighted by Gasteiger charge is -2.26. The number of rotatable bonds is 2. The number of hydrogen-bond acceptors (Lipinski definition) is 2. The summed E-state index contributed by atoms with van der Waals surface area (Å²) in [4.78, 5) is 11.6. The molecule has 18 heavy (non-hydrogen) atoms. The number of ether oxygens (including phenoxy) is 1. The second-order valence-electron chi connectivity index (χ2n) is 5.92. The van der Waals surface area contributed by atoms with E-state index in [1.54, 1.807) is 0 Å². The van der Waals surface area contributed by atoms with Crippen molar-refractivity contribution in [3.8, 4) is 5.75 Å². The molecular formula is C16H22O2. The monoisotopic (exact) mass is 246 g/mol. The standard InChI is InChI=1S/C16H22O2/c1-9(2)12-7-13(10(3)4)16-14(8-12)11(5)6-15(17)18-16/h7-11H,6H2,1-5H3. The second-order valence-corrected chi connectivity index (χ2v) is 5.92. The summed E-state index contributed by atoms with van der Waals surface area (Å²) >= 11 is 0. The Morgan fingerprint density at radius 2 is 1.83 bits per heavy atom. The molecule has 0 saturated carbocycles. The van der Waals surface area contributed by atoms with E-state index in [1.165, 1.54) is 11.1 Å². The third-order valence-corrected chi connectivity index (χ3v) is 3.68. The molecule has 1 aromatic rings. The van der Waals surface area contributed by atoms with E-state index in [0.29, 0.717) is 18.3 Å². The van der Waals surface area contributed by atoms with Crippen molar-refractivity contribution in [3.63, 3.8) is 0 Å². The summed E-state index contributed by atoms with van der Waals surface area (Å²) in [6.07, 6.45) is 0.492. The van der Waals surface area contributed by atoms with E-state index in [0.717, 1.165) is 11.3 Å². The molecular weight excluding hydrogens is 224 g/mol. The Balaban J connectivity index is 2.62. The number of carbonyl (C=O) groups is 1. The fraction of sp³-hybridized carbons (Fsp3) is 0.562. The lowest BCUT2D eigenvalue weighted by Crippen LogP contribution is -2.20. The zero-order valence-electron chi connectivity index (χ0n) is 11.9. The van der Waals surface area contributed by atoms with E-state index in [2.05, 4.69) is 46.8 Å². The van der Waals surface area contributed by atoms with E-state index in [9.17, 15) is 4.79 Å². The molecule has 0 radical (unpaired) electrons. The molecule has 1 aliphatic heterocycles. The Morgan fingerprint density at radius 1 is 1.17 bits per heavy atom. The third-order valence-electron chi connectivity index (χ3n) is 3.68. The summed E-state index contributed by atoms with van der Waals surface area (Å²) in [7, 11) is 0. The van der Waals surface area contributed by atoms with Gasteiger partial charge in [-0.15, -0.1) is 0 Å². The molecule has 2 nitrogen and oxygen atoms in total. The van der Waals surface area contributed by atoms with E-state index in [-0.39, 0.29) is 11.9 Å². The topological polar surface area (TPSA) is 26.3 Å². The Labute approximate surface area is 109 Å². The Hall–Kier alpha value is -1.31. The molecule has 0 aromatic heterocycles. The van der Waals surface area contributed by atoms with Crippen molar-refractivity contribution in [2.75, 3.05) is 0 Å². The number of fused-ring (bicyclic) bond motifs is 1. The normalized spacial score (nSPS) is 19.1. The van der Waals surface area contributed by atoms with Gasteiger partial charge in [0, 0.05) is 0 Å². The molecule has 2 rings (SSSR count). The van der Waals surface area contributed by atoms with E-state index in [1.807, 2.05) is 0 Å².